The molecule has 0 fully saturated rings. The maximum absolute atomic E-state index is 12.0. The lowest BCUT2D eigenvalue weighted by molar-refractivity contribution is -0.0976. The number of benzene rings is 2. The summed E-state index contributed by atoms with van der Waals surface area (Å²) in [5.74, 6) is -0.158. The molecule has 2 aromatic rings. The van der Waals surface area contributed by atoms with E-state index in [9.17, 15) is 9.59 Å². The van der Waals surface area contributed by atoms with Crippen LogP contribution in [-0.2, 0) is 4.84 Å². The number of hydroxylamine groups is 2. The molecule has 5 nitrogen and oxygen atoms in total. The molecule has 0 radical (unpaired) electrons. The molecule has 0 saturated carbocycles. The van der Waals surface area contributed by atoms with Gasteiger partial charge in [-0.15, -0.1) is 5.06 Å². The third kappa shape index (κ3) is 2.64. The fraction of sp³-hybridized carbons (Fsp3) is 0.125. The highest BCUT2D eigenvalue weighted by Gasteiger charge is 2.36. The van der Waals surface area contributed by atoms with Crippen LogP contribution in [-0.4, -0.2) is 30.1 Å². The van der Waals surface area contributed by atoms with Crippen molar-refractivity contribution in [1.29, 1.82) is 0 Å². The van der Waals surface area contributed by atoms with Crippen LogP contribution < -0.4 is 4.74 Å². The number of amides is 2. The molecule has 0 bridgehead atoms. The summed E-state index contributed by atoms with van der Waals surface area (Å²) < 4.78 is 5.44. The van der Waals surface area contributed by atoms with Crippen molar-refractivity contribution >= 4 is 11.8 Å². The van der Waals surface area contributed by atoms with Crippen molar-refractivity contribution in [3.8, 4) is 5.75 Å². The van der Waals surface area contributed by atoms with Gasteiger partial charge in [-0.25, -0.2) is 0 Å². The monoisotopic (exact) mass is 283 g/mol. The molecule has 0 saturated heterocycles. The number of imide groups is 1. The van der Waals surface area contributed by atoms with E-state index in [1.54, 1.807) is 24.3 Å². The molecule has 1 aliphatic rings. The molecular formula is C16H13NO4. The van der Waals surface area contributed by atoms with Gasteiger partial charge in [0.05, 0.1) is 11.1 Å². The topological polar surface area (TPSA) is 55.8 Å². The summed E-state index contributed by atoms with van der Waals surface area (Å²) >= 11 is 0. The number of hydrogen-bond acceptors (Lipinski definition) is 4. The van der Waals surface area contributed by atoms with E-state index in [4.69, 9.17) is 9.57 Å². The molecular weight excluding hydrogens is 270 g/mol. The van der Waals surface area contributed by atoms with E-state index in [2.05, 4.69) is 0 Å². The zero-order valence-electron chi connectivity index (χ0n) is 11.2. The van der Waals surface area contributed by atoms with E-state index >= 15 is 0 Å². The molecule has 0 N–H and O–H groups in total. The predicted octanol–water partition coefficient (Wildman–Crippen LogP) is 2.29. The Labute approximate surface area is 121 Å². The maximum Gasteiger partial charge on any atom is 0.285 e. The van der Waals surface area contributed by atoms with Gasteiger partial charge in [-0.3, -0.25) is 14.4 Å². The molecule has 0 aromatic heterocycles. The number of carbonyl (C=O) groups is 2. The lowest BCUT2D eigenvalue weighted by Crippen LogP contribution is -2.31. The van der Waals surface area contributed by atoms with E-state index in [1.165, 1.54) is 0 Å². The first kappa shape index (κ1) is 13.3. The Kier molecular flexibility index (Phi) is 3.66. The van der Waals surface area contributed by atoms with Gasteiger partial charge < -0.3 is 4.74 Å². The zero-order chi connectivity index (χ0) is 14.7. The Morgan fingerprint density at radius 3 is 1.95 bits per heavy atom. The first-order chi connectivity index (χ1) is 10.3. The molecule has 21 heavy (non-hydrogen) atoms. The lowest BCUT2D eigenvalue weighted by atomic mass is 10.1. The van der Waals surface area contributed by atoms with Gasteiger partial charge in [0.1, 0.15) is 19.0 Å². The van der Waals surface area contributed by atoms with Crippen LogP contribution in [0.15, 0.2) is 54.6 Å². The molecule has 106 valence electrons. The standard InChI is InChI=1S/C16H13NO4/c18-15-13-8-4-5-9-14(13)16(19)17(15)21-11-10-20-12-6-2-1-3-7-12/h1-9H,10-11H2. The minimum atomic E-state index is -0.435. The van der Waals surface area contributed by atoms with Crippen molar-refractivity contribution in [3.05, 3.63) is 65.7 Å². The van der Waals surface area contributed by atoms with E-state index in [-0.39, 0.29) is 13.2 Å². The molecule has 0 aliphatic carbocycles. The molecule has 2 aromatic carbocycles. The van der Waals surface area contributed by atoms with Crippen LogP contribution in [0.3, 0.4) is 0 Å². The second-order valence-electron chi connectivity index (χ2n) is 4.45. The number of nitrogens with zero attached hydrogens (tertiary/aromatic N) is 1. The third-order valence-corrected chi connectivity index (χ3v) is 3.07. The Balaban J connectivity index is 1.55. The normalized spacial score (nSPS) is 13.4. The van der Waals surface area contributed by atoms with Crippen LogP contribution in [0.25, 0.3) is 0 Å². The minimum absolute atomic E-state index is 0.111. The largest absolute Gasteiger partial charge is 0.491 e. The second-order valence-corrected chi connectivity index (χ2v) is 4.45. The SMILES string of the molecule is O=C1c2ccccc2C(=O)N1OCCOc1ccccc1. The van der Waals surface area contributed by atoms with Crippen molar-refractivity contribution in [2.45, 2.75) is 0 Å². The highest BCUT2D eigenvalue weighted by Crippen LogP contribution is 2.22. The summed E-state index contributed by atoms with van der Waals surface area (Å²) in [6.07, 6.45) is 0. The highest BCUT2D eigenvalue weighted by atomic mass is 16.7. The number of rotatable bonds is 5. The van der Waals surface area contributed by atoms with Crippen LogP contribution in [0.5, 0.6) is 5.75 Å². The van der Waals surface area contributed by atoms with E-state index < -0.39 is 11.8 Å². The molecule has 3 rings (SSSR count). The van der Waals surface area contributed by atoms with Gasteiger partial charge in [0, 0.05) is 0 Å². The number of hydrogen-bond donors (Lipinski definition) is 0. The predicted molar refractivity (Wildman–Crippen MR) is 74.8 cm³/mol. The fourth-order valence-corrected chi connectivity index (χ4v) is 2.09. The molecule has 5 heteroatoms. The first-order valence-electron chi connectivity index (χ1n) is 6.56. The Morgan fingerprint density at radius 1 is 0.762 bits per heavy atom. The summed E-state index contributed by atoms with van der Waals surface area (Å²) in [6.45, 7) is 0.359. The zero-order valence-corrected chi connectivity index (χ0v) is 11.2. The summed E-state index contributed by atoms with van der Waals surface area (Å²) in [6, 6.07) is 15.9. The number of fused-ring (bicyclic) bond motifs is 1. The van der Waals surface area contributed by atoms with Crippen LogP contribution in [0.2, 0.25) is 0 Å². The van der Waals surface area contributed by atoms with Crippen molar-refractivity contribution in [2.24, 2.45) is 0 Å². The average molecular weight is 283 g/mol. The van der Waals surface area contributed by atoms with Gasteiger partial charge in [-0.2, -0.15) is 0 Å². The van der Waals surface area contributed by atoms with Crippen LogP contribution >= 0.6 is 0 Å². The lowest BCUT2D eigenvalue weighted by Gasteiger charge is -2.13. The van der Waals surface area contributed by atoms with Gasteiger partial charge in [0.2, 0.25) is 0 Å². The molecule has 0 atom stereocenters. The Bertz CT molecular complexity index is 634. The summed E-state index contributed by atoms with van der Waals surface area (Å²) in [4.78, 5) is 29.3. The van der Waals surface area contributed by atoms with Crippen molar-refractivity contribution in [1.82, 2.24) is 5.06 Å². The number of ether oxygens (including phenoxy) is 1. The molecule has 0 spiro atoms. The van der Waals surface area contributed by atoms with E-state index in [0.717, 1.165) is 5.06 Å². The van der Waals surface area contributed by atoms with E-state index in [1.807, 2.05) is 30.3 Å². The minimum Gasteiger partial charge on any atom is -0.491 e. The van der Waals surface area contributed by atoms with E-state index in [0.29, 0.717) is 16.9 Å². The molecule has 1 heterocycles. The molecule has 1 aliphatic heterocycles. The van der Waals surface area contributed by atoms with Crippen molar-refractivity contribution in [2.75, 3.05) is 13.2 Å². The fourth-order valence-electron chi connectivity index (χ4n) is 2.09. The number of para-hydroxylation sites is 1. The summed E-state index contributed by atoms with van der Waals surface area (Å²) in [5, 5.41) is 0.791. The van der Waals surface area contributed by atoms with Gasteiger partial charge in [-0.05, 0) is 24.3 Å². The maximum atomic E-state index is 12.0. The van der Waals surface area contributed by atoms with Crippen LogP contribution in [0.1, 0.15) is 20.7 Å². The van der Waals surface area contributed by atoms with Gasteiger partial charge in [-0.1, -0.05) is 30.3 Å². The summed E-state index contributed by atoms with van der Waals surface area (Å²) in [7, 11) is 0. The van der Waals surface area contributed by atoms with Crippen LogP contribution in [0.4, 0.5) is 0 Å². The smallest absolute Gasteiger partial charge is 0.285 e. The highest BCUT2D eigenvalue weighted by molar-refractivity contribution is 6.20. The Morgan fingerprint density at radius 2 is 1.33 bits per heavy atom. The van der Waals surface area contributed by atoms with Crippen molar-refractivity contribution < 1.29 is 19.2 Å². The molecule has 2 amide bonds. The van der Waals surface area contributed by atoms with Gasteiger partial charge in [0.25, 0.3) is 11.8 Å². The van der Waals surface area contributed by atoms with Crippen LogP contribution in [0, 0.1) is 0 Å². The first-order valence-corrected chi connectivity index (χ1v) is 6.56. The second kappa shape index (κ2) is 5.76. The van der Waals surface area contributed by atoms with Gasteiger partial charge >= 0.3 is 0 Å². The third-order valence-electron chi connectivity index (χ3n) is 3.07. The average Bonchev–Trinajstić information content (AvgIpc) is 2.77. The molecule has 0 unspecified atom stereocenters. The van der Waals surface area contributed by atoms with Crippen molar-refractivity contribution in [3.63, 3.8) is 0 Å². The van der Waals surface area contributed by atoms with Gasteiger partial charge in [0.15, 0.2) is 0 Å². The Hall–Kier alpha value is -2.66. The summed E-state index contributed by atoms with van der Waals surface area (Å²) in [5.41, 5.74) is 0.734. The number of carbonyl (C=O) groups excluding carboxylic acids is 2. The quantitative estimate of drug-likeness (QED) is 0.624.